The first-order valence-corrected chi connectivity index (χ1v) is 4.63. The predicted octanol–water partition coefficient (Wildman–Crippen LogP) is -0.0199. The monoisotopic (exact) mass is 200 g/mol. The van der Waals surface area contributed by atoms with Crippen LogP contribution in [0.4, 0.5) is 0 Å². The van der Waals surface area contributed by atoms with Crippen molar-refractivity contribution in [2.45, 2.75) is 0 Å². The molecule has 4 heteroatoms. The number of rotatable bonds is 0. The molecule has 0 radical (unpaired) electrons. The fourth-order valence-electron chi connectivity index (χ4n) is 0.801. The molecule has 0 aliphatic rings. The van der Waals surface area contributed by atoms with Gasteiger partial charge in [0.2, 0.25) is 0 Å². The molecule has 10 heavy (non-hydrogen) atoms. The van der Waals surface area contributed by atoms with E-state index < -0.39 is 0 Å². The standard InChI is InChI=1S/C6H4N2OSe/c9-5-4-1-2-10-6(4)8-3-7-5/h1-3H,(H,7,8,9). The van der Waals surface area contributed by atoms with E-state index in [-0.39, 0.29) is 20.1 Å². The SMILES string of the molecule is O=c1[nH]cnc2[se]ccc12. The topological polar surface area (TPSA) is 45.8 Å². The Bertz CT molecular complexity index is 403. The molecule has 0 atom stereocenters. The zero-order chi connectivity index (χ0) is 6.97. The minimum atomic E-state index is -0.0272. The van der Waals surface area contributed by atoms with Crippen molar-refractivity contribution >= 4 is 24.3 Å². The fourth-order valence-corrected chi connectivity index (χ4v) is 2.34. The molecule has 0 saturated carbocycles. The molecular formula is C6H4N2OSe. The number of H-pyrrole nitrogens is 1. The van der Waals surface area contributed by atoms with Crippen molar-refractivity contribution in [3.05, 3.63) is 27.7 Å². The molecule has 0 bridgehead atoms. The van der Waals surface area contributed by atoms with Crippen LogP contribution < -0.4 is 5.56 Å². The van der Waals surface area contributed by atoms with Crippen LogP contribution in [-0.4, -0.2) is 24.5 Å². The molecule has 0 aromatic carbocycles. The molecule has 2 aromatic rings. The number of fused-ring (bicyclic) bond motifs is 1. The Morgan fingerprint density at radius 3 is 3.30 bits per heavy atom. The van der Waals surface area contributed by atoms with Crippen molar-refractivity contribution < 1.29 is 0 Å². The van der Waals surface area contributed by atoms with Crippen LogP contribution in [0.3, 0.4) is 0 Å². The normalized spacial score (nSPS) is 10.4. The van der Waals surface area contributed by atoms with Crippen LogP contribution in [0.25, 0.3) is 9.78 Å². The zero-order valence-electron chi connectivity index (χ0n) is 5.00. The third-order valence-corrected chi connectivity index (χ3v) is 2.99. The number of nitrogens with zero attached hydrogens (tertiary/aromatic N) is 1. The van der Waals surface area contributed by atoms with Crippen molar-refractivity contribution in [3.8, 4) is 0 Å². The van der Waals surface area contributed by atoms with E-state index in [0.717, 1.165) is 9.78 Å². The first-order chi connectivity index (χ1) is 4.88. The Morgan fingerprint density at radius 2 is 2.50 bits per heavy atom. The molecule has 2 heterocycles. The van der Waals surface area contributed by atoms with Gasteiger partial charge in [0.05, 0.1) is 0 Å². The number of hydrogen-bond donors (Lipinski definition) is 1. The molecule has 3 nitrogen and oxygen atoms in total. The van der Waals surface area contributed by atoms with Gasteiger partial charge in [-0.3, -0.25) is 0 Å². The number of aromatic nitrogens is 2. The van der Waals surface area contributed by atoms with Gasteiger partial charge in [0.25, 0.3) is 0 Å². The summed E-state index contributed by atoms with van der Waals surface area (Å²) in [6.07, 6.45) is 1.45. The van der Waals surface area contributed by atoms with Crippen LogP contribution in [0.5, 0.6) is 0 Å². The molecule has 0 unspecified atom stereocenters. The molecular weight excluding hydrogens is 195 g/mol. The predicted molar refractivity (Wildman–Crippen MR) is 39.3 cm³/mol. The first kappa shape index (κ1) is 5.89. The zero-order valence-corrected chi connectivity index (χ0v) is 6.71. The summed E-state index contributed by atoms with van der Waals surface area (Å²) in [6, 6.07) is 1.83. The van der Waals surface area contributed by atoms with Crippen molar-refractivity contribution in [1.29, 1.82) is 0 Å². The van der Waals surface area contributed by atoms with Gasteiger partial charge in [0.1, 0.15) is 0 Å². The molecule has 2 rings (SSSR count). The third kappa shape index (κ3) is 0.735. The van der Waals surface area contributed by atoms with Gasteiger partial charge in [-0.15, -0.1) is 0 Å². The van der Waals surface area contributed by atoms with E-state index in [4.69, 9.17) is 0 Å². The van der Waals surface area contributed by atoms with Gasteiger partial charge < -0.3 is 0 Å². The second-order valence-electron chi connectivity index (χ2n) is 1.87. The van der Waals surface area contributed by atoms with Gasteiger partial charge in [-0.25, -0.2) is 0 Å². The molecule has 0 fully saturated rings. The van der Waals surface area contributed by atoms with E-state index in [1.165, 1.54) is 6.33 Å². The van der Waals surface area contributed by atoms with E-state index in [0.29, 0.717) is 0 Å². The van der Waals surface area contributed by atoms with Crippen molar-refractivity contribution in [2.24, 2.45) is 0 Å². The number of aromatic amines is 1. The minimum absolute atomic E-state index is 0.0272. The van der Waals surface area contributed by atoms with Crippen LogP contribution >= 0.6 is 0 Å². The molecule has 50 valence electrons. The second kappa shape index (κ2) is 2.08. The number of hydrogen-bond acceptors (Lipinski definition) is 2. The maximum atomic E-state index is 11.0. The summed E-state index contributed by atoms with van der Waals surface area (Å²) in [5, 5.41) is 0.738. The molecule has 0 aliphatic heterocycles. The van der Waals surface area contributed by atoms with E-state index in [2.05, 4.69) is 9.97 Å². The average molecular weight is 199 g/mol. The molecule has 0 saturated heterocycles. The van der Waals surface area contributed by atoms with E-state index in [1.807, 2.05) is 11.0 Å². The summed E-state index contributed by atoms with van der Waals surface area (Å²) in [4.78, 5) is 19.5. The van der Waals surface area contributed by atoms with Crippen LogP contribution in [0.15, 0.2) is 22.1 Å². The summed E-state index contributed by atoms with van der Waals surface area (Å²) >= 11 is 0.281. The summed E-state index contributed by atoms with van der Waals surface area (Å²) in [5.41, 5.74) is -0.0272. The first-order valence-electron chi connectivity index (χ1n) is 2.79. The van der Waals surface area contributed by atoms with E-state index in [1.54, 1.807) is 0 Å². The fraction of sp³-hybridized carbons (Fsp3) is 0. The quantitative estimate of drug-likeness (QED) is 0.606. The molecule has 1 N–H and O–H groups in total. The van der Waals surface area contributed by atoms with Gasteiger partial charge >= 0.3 is 61.9 Å². The van der Waals surface area contributed by atoms with Gasteiger partial charge in [-0.2, -0.15) is 0 Å². The third-order valence-electron chi connectivity index (χ3n) is 1.27. The van der Waals surface area contributed by atoms with Gasteiger partial charge in [0.15, 0.2) is 0 Å². The van der Waals surface area contributed by atoms with Crippen LogP contribution in [0.1, 0.15) is 0 Å². The Balaban J connectivity index is 3.09. The van der Waals surface area contributed by atoms with Crippen LogP contribution in [0.2, 0.25) is 0 Å². The molecule has 0 amide bonds. The van der Waals surface area contributed by atoms with E-state index >= 15 is 0 Å². The van der Waals surface area contributed by atoms with Crippen LogP contribution in [0, 0.1) is 0 Å². The molecule has 0 spiro atoms. The summed E-state index contributed by atoms with van der Waals surface area (Å²) in [7, 11) is 0. The van der Waals surface area contributed by atoms with Gasteiger partial charge in [0, 0.05) is 0 Å². The maximum absolute atomic E-state index is 11.0. The Morgan fingerprint density at radius 1 is 1.60 bits per heavy atom. The summed E-state index contributed by atoms with van der Waals surface area (Å²) in [5.74, 6) is 0. The summed E-state index contributed by atoms with van der Waals surface area (Å²) in [6.45, 7) is 0. The second-order valence-corrected chi connectivity index (χ2v) is 3.75. The van der Waals surface area contributed by atoms with Crippen molar-refractivity contribution in [3.63, 3.8) is 0 Å². The number of nitrogens with one attached hydrogen (secondary N) is 1. The van der Waals surface area contributed by atoms with Crippen molar-refractivity contribution in [1.82, 2.24) is 9.97 Å². The average Bonchev–Trinajstić information content (AvgIpc) is 2.36. The Labute approximate surface area is 62.5 Å². The van der Waals surface area contributed by atoms with Crippen LogP contribution in [-0.2, 0) is 0 Å². The van der Waals surface area contributed by atoms with E-state index in [9.17, 15) is 4.79 Å². The van der Waals surface area contributed by atoms with Gasteiger partial charge in [-0.1, -0.05) is 0 Å². The van der Waals surface area contributed by atoms with Gasteiger partial charge in [-0.05, 0) is 0 Å². The Hall–Kier alpha value is -0.861. The molecule has 2 aromatic heterocycles. The summed E-state index contributed by atoms with van der Waals surface area (Å²) < 4.78 is 0.941. The molecule has 0 aliphatic carbocycles. The Kier molecular flexibility index (Phi) is 1.22. The van der Waals surface area contributed by atoms with Crippen molar-refractivity contribution in [2.75, 3.05) is 0 Å².